The molecule has 0 atom stereocenters. The number of thiocarbonyl (C=S) groups is 1. The Morgan fingerprint density at radius 2 is 1.86 bits per heavy atom. The van der Waals surface area contributed by atoms with Crippen LogP contribution in [0.15, 0.2) is 47.8 Å². The molecule has 8 heteroatoms. The third-order valence-electron chi connectivity index (χ3n) is 4.00. The first-order valence-corrected chi connectivity index (χ1v) is 9.66. The number of aromatic nitrogens is 1. The second-order valence-electron chi connectivity index (χ2n) is 5.83. The Balaban J connectivity index is 1.66. The van der Waals surface area contributed by atoms with Gasteiger partial charge in [0.1, 0.15) is 11.5 Å². The lowest BCUT2D eigenvalue weighted by Crippen LogP contribution is -2.34. The summed E-state index contributed by atoms with van der Waals surface area (Å²) in [6.45, 7) is 1.88. The van der Waals surface area contributed by atoms with Gasteiger partial charge in [-0.2, -0.15) is 0 Å². The minimum atomic E-state index is -0.343. The highest BCUT2D eigenvalue weighted by atomic mass is 32.1. The highest BCUT2D eigenvalue weighted by Crippen LogP contribution is 2.26. The summed E-state index contributed by atoms with van der Waals surface area (Å²) in [7, 11) is 3.16. The number of benzene rings is 2. The molecule has 2 aromatic carbocycles. The van der Waals surface area contributed by atoms with Gasteiger partial charge in [0.05, 0.1) is 25.5 Å². The van der Waals surface area contributed by atoms with Gasteiger partial charge in [-0.25, -0.2) is 4.98 Å². The summed E-state index contributed by atoms with van der Waals surface area (Å²) in [6, 6.07) is 13.0. The van der Waals surface area contributed by atoms with Gasteiger partial charge in [0.15, 0.2) is 10.2 Å². The molecule has 0 aliphatic carbocycles. The third-order valence-corrected chi connectivity index (χ3v) is 4.96. The van der Waals surface area contributed by atoms with Crippen LogP contribution in [0.5, 0.6) is 11.5 Å². The standard InChI is InChI=1S/C20H19N3O3S2/c1-12-5-4-6-15(17(12)26-3)18(24)22-19(27)23-20-21-16(11-28-20)13-7-9-14(25-2)10-8-13/h4-11H,1-3H3,(H2,21,22,23,24,27). The summed E-state index contributed by atoms with van der Waals surface area (Å²) >= 11 is 6.65. The second kappa shape index (κ2) is 8.81. The highest BCUT2D eigenvalue weighted by Gasteiger charge is 2.15. The fourth-order valence-electron chi connectivity index (χ4n) is 2.63. The Morgan fingerprint density at radius 3 is 2.54 bits per heavy atom. The lowest BCUT2D eigenvalue weighted by molar-refractivity contribution is 0.0974. The summed E-state index contributed by atoms with van der Waals surface area (Å²) < 4.78 is 10.5. The van der Waals surface area contributed by atoms with E-state index in [4.69, 9.17) is 21.7 Å². The first-order chi connectivity index (χ1) is 13.5. The van der Waals surface area contributed by atoms with Crippen molar-refractivity contribution in [3.05, 3.63) is 59.0 Å². The molecule has 0 radical (unpaired) electrons. The molecule has 3 aromatic rings. The molecule has 0 saturated heterocycles. The molecule has 6 nitrogen and oxygen atoms in total. The number of para-hydroxylation sites is 1. The number of hydrogen-bond acceptors (Lipinski definition) is 6. The normalized spacial score (nSPS) is 10.2. The zero-order valence-corrected chi connectivity index (χ0v) is 17.2. The smallest absolute Gasteiger partial charge is 0.261 e. The Hall–Kier alpha value is -2.97. The molecule has 0 bridgehead atoms. The second-order valence-corrected chi connectivity index (χ2v) is 7.10. The maximum atomic E-state index is 12.5. The van der Waals surface area contributed by atoms with Crippen LogP contribution in [0.2, 0.25) is 0 Å². The molecule has 0 saturated carbocycles. The Bertz CT molecular complexity index is 1000. The first kappa shape index (κ1) is 19.8. The van der Waals surface area contributed by atoms with Crippen LogP contribution in [0, 0.1) is 6.92 Å². The van der Waals surface area contributed by atoms with Gasteiger partial charge < -0.3 is 14.8 Å². The van der Waals surface area contributed by atoms with Gasteiger partial charge in [0.25, 0.3) is 5.91 Å². The summed E-state index contributed by atoms with van der Waals surface area (Å²) in [5.41, 5.74) is 3.07. The number of carbonyl (C=O) groups is 1. The first-order valence-electron chi connectivity index (χ1n) is 8.37. The van der Waals surface area contributed by atoms with Crippen molar-refractivity contribution < 1.29 is 14.3 Å². The Morgan fingerprint density at radius 1 is 1.11 bits per heavy atom. The number of ether oxygens (including phenoxy) is 2. The molecule has 1 heterocycles. The summed E-state index contributed by atoms with van der Waals surface area (Å²) in [5.74, 6) is 0.969. The van der Waals surface area contributed by atoms with E-state index < -0.39 is 0 Å². The molecule has 1 aromatic heterocycles. The van der Waals surface area contributed by atoms with Gasteiger partial charge in [-0.15, -0.1) is 11.3 Å². The van der Waals surface area contributed by atoms with Gasteiger partial charge in [-0.3, -0.25) is 10.1 Å². The van der Waals surface area contributed by atoms with Crippen LogP contribution in [-0.4, -0.2) is 30.2 Å². The Labute approximate surface area is 172 Å². The SMILES string of the molecule is COc1ccc(-c2csc(NC(=S)NC(=O)c3cccc(C)c3OC)n2)cc1. The molecule has 0 aliphatic rings. The van der Waals surface area contributed by atoms with E-state index in [2.05, 4.69) is 15.6 Å². The average molecular weight is 414 g/mol. The molecule has 1 amide bonds. The van der Waals surface area contributed by atoms with Crippen molar-refractivity contribution in [1.82, 2.24) is 10.3 Å². The topological polar surface area (TPSA) is 72.5 Å². The third kappa shape index (κ3) is 4.47. The molecule has 144 valence electrons. The molecule has 28 heavy (non-hydrogen) atoms. The van der Waals surface area contributed by atoms with E-state index in [-0.39, 0.29) is 11.0 Å². The van der Waals surface area contributed by atoms with Crippen LogP contribution in [-0.2, 0) is 0 Å². The van der Waals surface area contributed by atoms with Crippen molar-refractivity contribution in [3.63, 3.8) is 0 Å². The monoisotopic (exact) mass is 413 g/mol. The number of thiazole rings is 1. The number of hydrogen-bond donors (Lipinski definition) is 2. The van der Waals surface area contributed by atoms with Gasteiger partial charge in [-0.05, 0) is 55.0 Å². The number of rotatable bonds is 5. The molecule has 0 spiro atoms. The van der Waals surface area contributed by atoms with Crippen LogP contribution in [0.25, 0.3) is 11.3 Å². The van der Waals surface area contributed by atoms with Gasteiger partial charge in [0.2, 0.25) is 0 Å². The summed E-state index contributed by atoms with van der Waals surface area (Å²) in [4.78, 5) is 17.0. The van der Waals surface area contributed by atoms with Crippen molar-refractivity contribution >= 4 is 39.7 Å². The van der Waals surface area contributed by atoms with Gasteiger partial charge in [0, 0.05) is 10.9 Å². The number of carbonyl (C=O) groups excluding carboxylic acids is 1. The molecule has 0 fully saturated rings. The highest BCUT2D eigenvalue weighted by molar-refractivity contribution is 7.80. The van der Waals surface area contributed by atoms with Crippen molar-refractivity contribution in [2.75, 3.05) is 19.5 Å². The minimum absolute atomic E-state index is 0.171. The number of aryl methyl sites for hydroxylation is 1. The molecular formula is C20H19N3O3S2. The lowest BCUT2D eigenvalue weighted by atomic mass is 10.1. The van der Waals surface area contributed by atoms with E-state index in [1.807, 2.05) is 42.6 Å². The number of nitrogens with one attached hydrogen (secondary N) is 2. The van der Waals surface area contributed by atoms with Crippen molar-refractivity contribution in [2.24, 2.45) is 0 Å². The van der Waals surface area contributed by atoms with Gasteiger partial charge in [-0.1, -0.05) is 12.1 Å². The number of methoxy groups -OCH3 is 2. The summed E-state index contributed by atoms with van der Waals surface area (Å²) in [5, 5.41) is 8.29. The van der Waals surface area contributed by atoms with Crippen molar-refractivity contribution in [3.8, 4) is 22.8 Å². The van der Waals surface area contributed by atoms with E-state index in [0.717, 1.165) is 22.6 Å². The predicted molar refractivity (Wildman–Crippen MR) is 116 cm³/mol. The van der Waals surface area contributed by atoms with Crippen molar-refractivity contribution in [1.29, 1.82) is 0 Å². The van der Waals surface area contributed by atoms with E-state index in [9.17, 15) is 4.79 Å². The quantitative estimate of drug-likeness (QED) is 0.609. The molecule has 3 rings (SSSR count). The lowest BCUT2D eigenvalue weighted by Gasteiger charge is -2.12. The zero-order chi connectivity index (χ0) is 20.1. The molecule has 0 aliphatic heterocycles. The van der Waals surface area contributed by atoms with E-state index >= 15 is 0 Å². The van der Waals surface area contributed by atoms with Crippen LogP contribution in [0.3, 0.4) is 0 Å². The predicted octanol–water partition coefficient (Wildman–Crippen LogP) is 4.26. The fraction of sp³-hybridized carbons (Fsp3) is 0.150. The zero-order valence-electron chi connectivity index (χ0n) is 15.6. The Kier molecular flexibility index (Phi) is 6.23. The maximum Gasteiger partial charge on any atom is 0.261 e. The van der Waals surface area contributed by atoms with E-state index in [0.29, 0.717) is 16.4 Å². The van der Waals surface area contributed by atoms with Crippen molar-refractivity contribution in [2.45, 2.75) is 6.92 Å². The maximum absolute atomic E-state index is 12.5. The van der Waals surface area contributed by atoms with Crippen LogP contribution >= 0.6 is 23.6 Å². The number of amides is 1. The van der Waals surface area contributed by atoms with E-state index in [1.165, 1.54) is 18.4 Å². The fourth-order valence-corrected chi connectivity index (χ4v) is 3.60. The van der Waals surface area contributed by atoms with E-state index in [1.54, 1.807) is 19.2 Å². The number of anilines is 1. The largest absolute Gasteiger partial charge is 0.497 e. The van der Waals surface area contributed by atoms with Crippen LogP contribution in [0.4, 0.5) is 5.13 Å². The molecule has 2 N–H and O–H groups in total. The molecule has 0 unspecified atom stereocenters. The number of nitrogens with zero attached hydrogens (tertiary/aromatic N) is 1. The average Bonchev–Trinajstić information content (AvgIpc) is 3.16. The van der Waals surface area contributed by atoms with Gasteiger partial charge >= 0.3 is 0 Å². The molecular weight excluding hydrogens is 394 g/mol. The summed E-state index contributed by atoms with van der Waals surface area (Å²) in [6.07, 6.45) is 0. The minimum Gasteiger partial charge on any atom is -0.497 e. The van der Waals surface area contributed by atoms with Crippen LogP contribution < -0.4 is 20.1 Å². The van der Waals surface area contributed by atoms with Crippen LogP contribution in [0.1, 0.15) is 15.9 Å².